The van der Waals surface area contributed by atoms with E-state index in [4.69, 9.17) is 10.5 Å². The average molecular weight is 489 g/mol. The van der Waals surface area contributed by atoms with Gasteiger partial charge in [-0.1, -0.05) is 48.5 Å². The van der Waals surface area contributed by atoms with Crippen molar-refractivity contribution in [3.63, 3.8) is 0 Å². The fraction of sp³-hybridized carbons (Fsp3) is 0.0345. The molecule has 2 aromatic heterocycles. The zero-order valence-electron chi connectivity index (χ0n) is 19.8. The number of aromatic nitrogens is 3. The van der Waals surface area contributed by atoms with Crippen LogP contribution in [0.2, 0.25) is 0 Å². The second-order valence-corrected chi connectivity index (χ2v) is 8.16. The first-order valence-electron chi connectivity index (χ1n) is 11.6. The normalized spacial score (nSPS) is 10.5. The van der Waals surface area contributed by atoms with Gasteiger partial charge >= 0.3 is 6.03 Å². The maximum Gasteiger partial charge on any atom is 0.324 e. The van der Waals surface area contributed by atoms with E-state index >= 15 is 0 Å². The van der Waals surface area contributed by atoms with Crippen LogP contribution in [0.4, 0.5) is 22.0 Å². The maximum atomic E-state index is 12.6. The number of amides is 2. The van der Waals surface area contributed by atoms with Gasteiger partial charge in [0, 0.05) is 28.6 Å². The molecule has 37 heavy (non-hydrogen) atoms. The summed E-state index contributed by atoms with van der Waals surface area (Å²) in [6.07, 6.45) is 1.71. The largest absolute Gasteiger partial charge is 0.489 e. The minimum Gasteiger partial charge on any atom is -0.489 e. The highest BCUT2D eigenvalue weighted by molar-refractivity contribution is 5.99. The molecule has 2 heterocycles. The van der Waals surface area contributed by atoms with E-state index < -0.39 is 6.03 Å². The Hall–Kier alpha value is -5.24. The molecule has 8 heteroatoms. The number of ether oxygens (including phenoxy) is 1. The van der Waals surface area contributed by atoms with Crippen LogP contribution in [0.3, 0.4) is 0 Å². The third-order valence-electron chi connectivity index (χ3n) is 5.60. The lowest BCUT2D eigenvalue weighted by atomic mass is 10.1. The smallest absolute Gasteiger partial charge is 0.324 e. The molecule has 0 aliphatic rings. The van der Waals surface area contributed by atoms with E-state index in [1.54, 1.807) is 18.3 Å². The second-order valence-electron chi connectivity index (χ2n) is 8.16. The maximum absolute atomic E-state index is 12.6. The number of nitrogens with zero attached hydrogens (tertiary/aromatic N) is 3. The quantitative estimate of drug-likeness (QED) is 0.258. The second kappa shape index (κ2) is 11.0. The van der Waals surface area contributed by atoms with Crippen LogP contribution in [0, 0.1) is 0 Å². The van der Waals surface area contributed by atoms with E-state index in [1.165, 1.54) is 0 Å². The lowest BCUT2D eigenvalue weighted by Crippen LogP contribution is -2.21. The van der Waals surface area contributed by atoms with Gasteiger partial charge in [-0.25, -0.2) is 4.79 Å². The number of benzene rings is 3. The van der Waals surface area contributed by atoms with Crippen LogP contribution in [0.1, 0.15) is 5.56 Å². The van der Waals surface area contributed by atoms with Crippen LogP contribution >= 0.6 is 0 Å². The van der Waals surface area contributed by atoms with Crippen LogP contribution in [-0.2, 0) is 6.61 Å². The van der Waals surface area contributed by atoms with Crippen LogP contribution in [0.5, 0.6) is 5.75 Å². The van der Waals surface area contributed by atoms with Crippen molar-refractivity contribution >= 4 is 23.2 Å². The summed E-state index contributed by atoms with van der Waals surface area (Å²) in [6, 6.07) is 31.4. The molecule has 0 aliphatic heterocycles. The number of nitrogens with one attached hydrogen (secondary N) is 2. The molecular weight excluding hydrogens is 464 g/mol. The summed E-state index contributed by atoms with van der Waals surface area (Å²) < 4.78 is 5.96. The number of hydrogen-bond donors (Lipinski definition) is 3. The number of anilines is 3. The molecule has 2 amide bonds. The summed E-state index contributed by atoms with van der Waals surface area (Å²) in [6.45, 7) is 0.271. The van der Waals surface area contributed by atoms with Gasteiger partial charge in [-0.3, -0.25) is 10.3 Å². The van der Waals surface area contributed by atoms with Crippen LogP contribution in [0.15, 0.2) is 109 Å². The Morgan fingerprint density at radius 1 is 0.757 bits per heavy atom. The van der Waals surface area contributed by atoms with Crippen LogP contribution in [-0.4, -0.2) is 21.2 Å². The minimum atomic E-state index is -0.425. The lowest BCUT2D eigenvalue weighted by Gasteiger charge is -2.13. The Kier molecular flexibility index (Phi) is 6.99. The average Bonchev–Trinajstić information content (AvgIpc) is 2.94. The Morgan fingerprint density at radius 2 is 1.54 bits per heavy atom. The summed E-state index contributed by atoms with van der Waals surface area (Å²) >= 11 is 0. The third kappa shape index (κ3) is 5.88. The van der Waals surface area contributed by atoms with Gasteiger partial charge in [0.05, 0.1) is 17.1 Å². The molecule has 182 valence electrons. The molecule has 0 saturated heterocycles. The van der Waals surface area contributed by atoms with E-state index in [1.807, 2.05) is 91.0 Å². The highest BCUT2D eigenvalue weighted by atomic mass is 16.5. The van der Waals surface area contributed by atoms with E-state index in [0.717, 1.165) is 28.1 Å². The highest BCUT2D eigenvalue weighted by Gasteiger charge is 2.10. The number of carbonyl (C=O) groups is 1. The molecule has 0 radical (unpaired) electrons. The molecule has 0 atom stereocenters. The predicted octanol–water partition coefficient (Wildman–Crippen LogP) is 6.01. The van der Waals surface area contributed by atoms with E-state index in [0.29, 0.717) is 22.9 Å². The first-order valence-corrected chi connectivity index (χ1v) is 11.6. The third-order valence-corrected chi connectivity index (χ3v) is 5.60. The number of urea groups is 1. The zero-order chi connectivity index (χ0) is 25.5. The van der Waals surface area contributed by atoms with E-state index in [9.17, 15) is 4.79 Å². The standard InChI is InChI=1S/C29H24N6O2/c30-24-10-6-18-31-28(24)21-12-14-23(15-13-21)37-19-22-9-4-5-11-25(22)32-29(36)33-27-17-16-26(34-35-27)20-7-2-1-3-8-20/h1-18H,19,30H2,(H2,32,33,35,36). The van der Waals surface area contributed by atoms with Crippen molar-refractivity contribution in [3.05, 3.63) is 115 Å². The van der Waals surface area contributed by atoms with E-state index in [2.05, 4.69) is 25.8 Å². The van der Waals surface area contributed by atoms with Crippen molar-refractivity contribution in [2.75, 3.05) is 16.4 Å². The van der Waals surface area contributed by atoms with Gasteiger partial charge in [-0.15, -0.1) is 10.2 Å². The molecule has 0 aliphatic carbocycles. The molecule has 3 aromatic carbocycles. The number of pyridine rings is 1. The molecule has 0 spiro atoms. The molecule has 5 rings (SSSR count). The number of nitrogens with two attached hydrogens (primary N) is 1. The number of nitrogen functional groups attached to an aromatic ring is 1. The summed E-state index contributed by atoms with van der Waals surface area (Å²) in [4.78, 5) is 17.0. The topological polar surface area (TPSA) is 115 Å². The number of para-hydroxylation sites is 1. The van der Waals surface area contributed by atoms with Crippen molar-refractivity contribution in [2.24, 2.45) is 0 Å². The molecule has 0 bridgehead atoms. The zero-order valence-corrected chi connectivity index (χ0v) is 19.8. The minimum absolute atomic E-state index is 0.271. The molecule has 0 unspecified atom stereocenters. The Balaban J connectivity index is 1.20. The highest BCUT2D eigenvalue weighted by Crippen LogP contribution is 2.26. The van der Waals surface area contributed by atoms with Crippen molar-refractivity contribution < 1.29 is 9.53 Å². The van der Waals surface area contributed by atoms with Crippen LogP contribution in [0.25, 0.3) is 22.5 Å². The molecule has 8 nitrogen and oxygen atoms in total. The first-order chi connectivity index (χ1) is 18.2. The van der Waals surface area contributed by atoms with Gasteiger partial charge in [-0.05, 0) is 54.6 Å². The van der Waals surface area contributed by atoms with Gasteiger partial charge in [0.15, 0.2) is 5.82 Å². The predicted molar refractivity (Wildman–Crippen MR) is 145 cm³/mol. The van der Waals surface area contributed by atoms with Crippen LogP contribution < -0.4 is 21.1 Å². The van der Waals surface area contributed by atoms with E-state index in [-0.39, 0.29) is 6.61 Å². The summed E-state index contributed by atoms with van der Waals surface area (Å²) in [5.74, 6) is 1.03. The Labute approximate surface area is 214 Å². The van der Waals surface area contributed by atoms with Crippen molar-refractivity contribution in [1.82, 2.24) is 15.2 Å². The monoisotopic (exact) mass is 488 g/mol. The molecule has 5 aromatic rings. The fourth-order valence-corrected chi connectivity index (χ4v) is 3.73. The molecule has 4 N–H and O–H groups in total. The van der Waals surface area contributed by atoms with Crippen molar-refractivity contribution in [3.8, 4) is 28.3 Å². The summed E-state index contributed by atoms with van der Waals surface area (Å²) in [7, 11) is 0. The number of carbonyl (C=O) groups excluding carboxylic acids is 1. The van der Waals surface area contributed by atoms with Crippen molar-refractivity contribution in [1.29, 1.82) is 0 Å². The molecular formula is C29H24N6O2. The lowest BCUT2D eigenvalue weighted by molar-refractivity contribution is 0.262. The van der Waals surface area contributed by atoms with Gasteiger partial charge in [0.25, 0.3) is 0 Å². The Bertz CT molecular complexity index is 1490. The fourth-order valence-electron chi connectivity index (χ4n) is 3.73. The summed E-state index contributed by atoms with van der Waals surface area (Å²) in [5, 5.41) is 13.9. The molecule has 0 saturated carbocycles. The van der Waals surface area contributed by atoms with Gasteiger partial charge in [0.1, 0.15) is 12.4 Å². The van der Waals surface area contributed by atoms with Gasteiger partial charge in [0.2, 0.25) is 0 Å². The van der Waals surface area contributed by atoms with Crippen molar-refractivity contribution in [2.45, 2.75) is 6.61 Å². The first kappa shape index (κ1) is 23.5. The number of rotatable bonds is 7. The van der Waals surface area contributed by atoms with Gasteiger partial charge < -0.3 is 15.8 Å². The molecule has 0 fully saturated rings. The van der Waals surface area contributed by atoms with Gasteiger partial charge in [-0.2, -0.15) is 0 Å². The Morgan fingerprint density at radius 3 is 2.30 bits per heavy atom. The SMILES string of the molecule is Nc1cccnc1-c1ccc(OCc2ccccc2NC(=O)Nc2ccc(-c3ccccc3)nn2)cc1. The number of hydrogen-bond acceptors (Lipinski definition) is 6. The summed E-state index contributed by atoms with van der Waals surface area (Å²) in [5.41, 5.74) is 11.4.